The third kappa shape index (κ3) is 5.99. The first-order valence-electron chi connectivity index (χ1n) is 22.4. The molecule has 13 rings (SSSR count). The van der Waals surface area contributed by atoms with Gasteiger partial charge in [-0.3, -0.25) is 0 Å². The third-order valence-electron chi connectivity index (χ3n) is 13.5. The molecule has 0 atom stereocenters. The lowest BCUT2D eigenvalue weighted by Gasteiger charge is -2.35. The molecule has 0 saturated heterocycles. The van der Waals surface area contributed by atoms with Crippen LogP contribution in [0.15, 0.2) is 237 Å². The summed E-state index contributed by atoms with van der Waals surface area (Å²) >= 11 is 1.84. The Hall–Kier alpha value is -8.31. The van der Waals surface area contributed by atoms with Crippen LogP contribution in [0.4, 0.5) is 0 Å². The molecule has 0 radical (unpaired) electrons. The Balaban J connectivity index is 1.02. The van der Waals surface area contributed by atoms with Gasteiger partial charge in [0.1, 0.15) is 0 Å². The first-order valence-corrected chi connectivity index (χ1v) is 23.2. The summed E-state index contributed by atoms with van der Waals surface area (Å²) in [5.41, 5.74) is 14.1. The largest absolute Gasteiger partial charge is 0.208 e. The highest BCUT2D eigenvalue weighted by molar-refractivity contribution is 7.25. The molecule has 66 heavy (non-hydrogen) atoms. The molecule has 308 valence electrons. The van der Waals surface area contributed by atoms with Crippen LogP contribution in [0, 0.1) is 0 Å². The minimum Gasteiger partial charge on any atom is -0.208 e. The standard InChI is InChI=1S/C62H39N3S/c1-3-18-45(19-4-1)62(46-20-5-2-6-21-46)54-29-11-9-23-50(54)51-27-14-28-53(58(51)62)61-64-59(43-36-32-41(33-37-43)48-25-13-17-40-16-7-8-22-47(40)48)63-60(65-61)44-38-34-42(35-39-44)49-26-15-31-56-57(49)52-24-10-12-30-55(52)66-56/h1-39H. The van der Waals surface area contributed by atoms with Gasteiger partial charge in [0.15, 0.2) is 17.5 Å². The highest BCUT2D eigenvalue weighted by atomic mass is 32.1. The Labute approximate surface area is 387 Å². The molecule has 0 fully saturated rings. The molecule has 10 aromatic carbocycles. The van der Waals surface area contributed by atoms with Crippen LogP contribution in [0.2, 0.25) is 0 Å². The lowest BCUT2D eigenvalue weighted by Crippen LogP contribution is -2.29. The van der Waals surface area contributed by atoms with Crippen LogP contribution < -0.4 is 0 Å². The van der Waals surface area contributed by atoms with Crippen molar-refractivity contribution in [3.05, 3.63) is 259 Å². The number of hydrogen-bond donors (Lipinski definition) is 0. The van der Waals surface area contributed by atoms with Crippen LogP contribution in [-0.2, 0) is 5.41 Å². The van der Waals surface area contributed by atoms with E-state index in [9.17, 15) is 0 Å². The van der Waals surface area contributed by atoms with Gasteiger partial charge in [-0.2, -0.15) is 0 Å². The summed E-state index contributed by atoms with van der Waals surface area (Å²) in [7, 11) is 0. The Morgan fingerprint density at radius 3 is 1.50 bits per heavy atom. The summed E-state index contributed by atoms with van der Waals surface area (Å²) < 4.78 is 2.58. The van der Waals surface area contributed by atoms with Crippen molar-refractivity contribution < 1.29 is 0 Å². The molecule has 0 bridgehead atoms. The predicted molar refractivity (Wildman–Crippen MR) is 275 cm³/mol. The van der Waals surface area contributed by atoms with Gasteiger partial charge in [-0.05, 0) is 78.5 Å². The molecule has 0 saturated carbocycles. The fourth-order valence-corrected chi connectivity index (χ4v) is 11.7. The molecular weight excluding hydrogens is 819 g/mol. The van der Waals surface area contributed by atoms with Crippen LogP contribution >= 0.6 is 11.3 Å². The highest BCUT2D eigenvalue weighted by Crippen LogP contribution is 2.58. The van der Waals surface area contributed by atoms with Crippen LogP contribution in [0.5, 0.6) is 0 Å². The van der Waals surface area contributed by atoms with Gasteiger partial charge in [0.25, 0.3) is 0 Å². The number of nitrogens with zero attached hydrogens (tertiary/aromatic N) is 3. The smallest absolute Gasteiger partial charge is 0.164 e. The van der Waals surface area contributed by atoms with E-state index >= 15 is 0 Å². The van der Waals surface area contributed by atoms with E-state index in [0.717, 1.165) is 27.8 Å². The van der Waals surface area contributed by atoms with Crippen molar-refractivity contribution in [3.63, 3.8) is 0 Å². The predicted octanol–water partition coefficient (Wildman–Crippen LogP) is 16.1. The van der Waals surface area contributed by atoms with Crippen molar-refractivity contribution in [3.8, 4) is 67.5 Å². The van der Waals surface area contributed by atoms with Crippen molar-refractivity contribution in [2.75, 3.05) is 0 Å². The Morgan fingerprint density at radius 2 is 0.773 bits per heavy atom. The molecule has 0 amide bonds. The van der Waals surface area contributed by atoms with Gasteiger partial charge in [-0.25, -0.2) is 15.0 Å². The summed E-state index contributed by atoms with van der Waals surface area (Å²) in [5, 5.41) is 5.03. The van der Waals surface area contributed by atoms with Gasteiger partial charge >= 0.3 is 0 Å². The number of aromatic nitrogens is 3. The fourth-order valence-electron chi connectivity index (χ4n) is 10.5. The molecular formula is C62H39N3S. The minimum absolute atomic E-state index is 0.621. The fraction of sp³-hybridized carbons (Fsp3) is 0.0161. The van der Waals surface area contributed by atoms with Crippen molar-refractivity contribution >= 4 is 42.3 Å². The van der Waals surface area contributed by atoms with Crippen molar-refractivity contribution in [2.24, 2.45) is 0 Å². The monoisotopic (exact) mass is 857 g/mol. The van der Waals surface area contributed by atoms with E-state index in [1.165, 1.54) is 75.5 Å². The molecule has 0 aliphatic heterocycles. The van der Waals surface area contributed by atoms with E-state index in [4.69, 9.17) is 15.0 Å². The van der Waals surface area contributed by atoms with E-state index in [1.807, 2.05) is 11.3 Å². The van der Waals surface area contributed by atoms with Crippen LogP contribution in [-0.4, -0.2) is 15.0 Å². The summed E-state index contributed by atoms with van der Waals surface area (Å²) in [6.07, 6.45) is 0. The first-order chi connectivity index (χ1) is 32.7. The second kappa shape index (κ2) is 15.4. The molecule has 2 heterocycles. The number of fused-ring (bicyclic) bond motifs is 7. The minimum atomic E-state index is -0.632. The van der Waals surface area contributed by atoms with E-state index in [0.29, 0.717) is 17.5 Å². The van der Waals surface area contributed by atoms with Crippen LogP contribution in [0.1, 0.15) is 22.3 Å². The van der Waals surface area contributed by atoms with Gasteiger partial charge in [-0.15, -0.1) is 11.3 Å². The van der Waals surface area contributed by atoms with Gasteiger partial charge in [0.2, 0.25) is 0 Å². The lowest BCUT2D eigenvalue weighted by atomic mass is 9.66. The van der Waals surface area contributed by atoms with Crippen LogP contribution in [0.25, 0.3) is 98.5 Å². The molecule has 0 spiro atoms. The molecule has 2 aromatic heterocycles. The summed E-state index contributed by atoms with van der Waals surface area (Å²) in [6, 6.07) is 85.1. The SMILES string of the molecule is c1ccc(C2(c3ccccc3)c3ccccc3-c3cccc(-c4nc(-c5ccc(-c6cccc7ccccc67)cc5)nc(-c5ccc(-c6cccc7sc8ccccc8c67)cc5)n4)c32)cc1. The van der Waals surface area contributed by atoms with Gasteiger partial charge in [0, 0.05) is 36.9 Å². The Bertz CT molecular complexity index is 3760. The maximum Gasteiger partial charge on any atom is 0.164 e. The van der Waals surface area contributed by atoms with Gasteiger partial charge in [-0.1, -0.05) is 224 Å². The molecule has 3 nitrogen and oxygen atoms in total. The molecule has 0 N–H and O–H groups in total. The maximum atomic E-state index is 5.46. The molecule has 0 unspecified atom stereocenters. The third-order valence-corrected chi connectivity index (χ3v) is 14.6. The Kier molecular flexibility index (Phi) is 8.93. The molecule has 4 heteroatoms. The molecule has 12 aromatic rings. The van der Waals surface area contributed by atoms with E-state index < -0.39 is 5.41 Å². The summed E-state index contributed by atoms with van der Waals surface area (Å²) in [4.78, 5) is 16.2. The number of thiophene rings is 1. The van der Waals surface area contributed by atoms with Gasteiger partial charge in [0.05, 0.1) is 5.41 Å². The van der Waals surface area contributed by atoms with Crippen LogP contribution in [0.3, 0.4) is 0 Å². The first kappa shape index (κ1) is 38.2. The summed E-state index contributed by atoms with van der Waals surface area (Å²) in [5.74, 6) is 1.88. The average Bonchev–Trinajstić information content (AvgIpc) is 3.93. The molecule has 1 aliphatic carbocycles. The zero-order valence-electron chi connectivity index (χ0n) is 35.8. The second-order valence-corrected chi connectivity index (χ2v) is 18.1. The van der Waals surface area contributed by atoms with Crippen molar-refractivity contribution in [1.29, 1.82) is 0 Å². The average molecular weight is 858 g/mol. The number of benzene rings is 10. The van der Waals surface area contributed by atoms with Crippen molar-refractivity contribution in [1.82, 2.24) is 15.0 Å². The molecule has 1 aliphatic rings. The zero-order valence-corrected chi connectivity index (χ0v) is 36.6. The number of rotatable bonds is 7. The quantitative estimate of drug-likeness (QED) is 0.160. The van der Waals surface area contributed by atoms with Gasteiger partial charge < -0.3 is 0 Å². The number of hydrogen-bond acceptors (Lipinski definition) is 4. The zero-order chi connectivity index (χ0) is 43.6. The van der Waals surface area contributed by atoms with E-state index in [1.54, 1.807) is 0 Å². The maximum absolute atomic E-state index is 5.46. The lowest BCUT2D eigenvalue weighted by molar-refractivity contribution is 0.769. The highest BCUT2D eigenvalue weighted by Gasteiger charge is 2.47. The topological polar surface area (TPSA) is 38.7 Å². The normalized spacial score (nSPS) is 12.7. The Morgan fingerprint density at radius 1 is 0.303 bits per heavy atom. The summed E-state index contributed by atoms with van der Waals surface area (Å²) in [6.45, 7) is 0. The second-order valence-electron chi connectivity index (χ2n) is 17.0. The van der Waals surface area contributed by atoms with Crippen molar-refractivity contribution in [2.45, 2.75) is 5.41 Å². The van der Waals surface area contributed by atoms with E-state index in [2.05, 4.69) is 237 Å². The van der Waals surface area contributed by atoms with E-state index in [-0.39, 0.29) is 0 Å².